The lowest BCUT2D eigenvalue weighted by atomic mass is 10.1. The standard InChI is InChI=1S/4C16H20FN3O6/c4*1-4-9-6-20(15(24)19-12(9)22)13-10(21)5-16(17,26-13)7-25-14(23)11(18)8(2)3/h4*1,6,8,10-11,13,21H,5,7,18H2,2-3H3,(H,19,22,24)/t4*10-,11+,13-,16+/m1111/s1/i7D2,13D;13D;7D2;. The van der Waals surface area contributed by atoms with Gasteiger partial charge in [-0.1, -0.05) is 79.1 Å². The number of hydrogen-bond acceptors (Lipinski definition) is 28. The zero-order valence-corrected chi connectivity index (χ0v) is 56.5. The molecule has 0 unspecified atom stereocenters. The van der Waals surface area contributed by atoms with E-state index in [1.807, 2.05) is 32.7 Å². The fourth-order valence-electron chi connectivity index (χ4n) is 9.00. The number of carbonyl (C=O) groups excluding carboxylic acids is 4. The summed E-state index contributed by atoms with van der Waals surface area (Å²) in [5.41, 5.74) is 13.3. The summed E-state index contributed by atoms with van der Waals surface area (Å²) in [5, 5.41) is 40.5. The molecule has 16 N–H and O–H groups in total. The maximum atomic E-state index is 15.3. The van der Waals surface area contributed by atoms with Crippen molar-refractivity contribution in [2.45, 2.75) is 178 Å². The molecule has 16 atom stereocenters. The van der Waals surface area contributed by atoms with Crippen molar-refractivity contribution in [1.82, 2.24) is 38.2 Å². The highest BCUT2D eigenvalue weighted by Crippen LogP contribution is 2.41. The molecule has 4 aromatic heterocycles. The Morgan fingerprint density at radius 2 is 0.692 bits per heavy atom. The van der Waals surface area contributed by atoms with Crippen molar-refractivity contribution < 1.29 is 103 Å². The SMILES string of the molecule is C#Cc1cn([C@@H]2O[C@](F)(COC(=O)[C@@H](N)C(C)C)C[C@H]2O)c(=O)[nH]c1=O.[2H]C([2H])(OC(=O)[C@@H](N)C(C)C)[C@]1(F)C[C@@H](O)[C@H](n2cc(C#C)c(=O)[nH]c2=O)O1.[2H]C([2H])(OC(=O)[C@@H](N)C(C)C)[C@]1(F)C[C@@H](O)[C@]([2H])(n2cc(C#C)c(=O)[nH]c2=O)O1.[2H][C@@]1(n2cc(C#C)c(=O)[nH]c2=O)O[C@](F)(COC(=O)[C@@H](N)C(C)C)C[C@H]1O. The van der Waals surface area contributed by atoms with Crippen LogP contribution in [0.5, 0.6) is 0 Å². The molecule has 4 aliphatic rings. The molecule has 36 nitrogen and oxygen atoms in total. The van der Waals surface area contributed by atoms with Gasteiger partial charge in [-0.05, 0) is 23.7 Å². The van der Waals surface area contributed by atoms with Gasteiger partial charge in [-0.15, -0.1) is 25.7 Å². The first-order valence-electron chi connectivity index (χ1n) is 33.9. The summed E-state index contributed by atoms with van der Waals surface area (Å²) in [7, 11) is 0. The molecular formula is C64H80F4N12O24. The van der Waals surface area contributed by atoms with Gasteiger partial charge < -0.3 is 81.3 Å². The van der Waals surface area contributed by atoms with Gasteiger partial charge in [0, 0.05) is 50.5 Å². The second-order valence-corrected chi connectivity index (χ2v) is 24.8. The molecule has 104 heavy (non-hydrogen) atoms. The van der Waals surface area contributed by atoms with E-state index in [1.165, 1.54) is 0 Å². The number of rotatable bonds is 20. The molecule has 0 amide bonds. The second-order valence-electron chi connectivity index (χ2n) is 24.8. The first-order valence-corrected chi connectivity index (χ1v) is 30.9. The minimum Gasteiger partial charge on any atom is -0.458 e. The van der Waals surface area contributed by atoms with Crippen LogP contribution in [0, 0.1) is 73.0 Å². The molecule has 4 aliphatic heterocycles. The first kappa shape index (κ1) is 75.2. The molecule has 0 spiro atoms. The van der Waals surface area contributed by atoms with Crippen LogP contribution >= 0.6 is 0 Å². The van der Waals surface area contributed by atoms with Crippen LogP contribution in [-0.4, -0.2) is 181 Å². The van der Waals surface area contributed by atoms with Crippen molar-refractivity contribution in [3.05, 3.63) is 130 Å². The van der Waals surface area contributed by atoms with E-state index in [9.17, 15) is 86.7 Å². The average molecular weight is 1480 g/mol. The highest BCUT2D eigenvalue weighted by atomic mass is 19.2. The predicted octanol–water partition coefficient (Wildman–Crippen LogP) is -4.04. The Bertz CT molecular complexity index is 4820. The monoisotopic (exact) mass is 1480 g/mol. The van der Waals surface area contributed by atoms with Gasteiger partial charge >= 0.3 is 46.6 Å². The van der Waals surface area contributed by atoms with Crippen molar-refractivity contribution in [3.63, 3.8) is 0 Å². The Morgan fingerprint density at radius 1 is 0.462 bits per heavy atom. The van der Waals surface area contributed by atoms with Crippen LogP contribution in [0.2, 0.25) is 0 Å². The minimum absolute atomic E-state index is 0.189. The topological polar surface area (TPSA) is 547 Å². The van der Waals surface area contributed by atoms with Crippen LogP contribution in [0.1, 0.15) is 136 Å². The quantitative estimate of drug-likeness (QED) is 0.0173. The Kier molecular flexibility index (Phi) is 25.4. The molecular weight excluding hydrogens is 1400 g/mol. The van der Waals surface area contributed by atoms with Gasteiger partial charge in [0.1, 0.15) is 70.8 Å². The third-order valence-electron chi connectivity index (χ3n) is 15.3. The molecule has 0 saturated carbocycles. The van der Waals surface area contributed by atoms with Gasteiger partial charge in [-0.25, -0.2) is 36.7 Å². The number of aliphatic hydroxyl groups is 4. The molecule has 8 rings (SSSR count). The lowest BCUT2D eigenvalue weighted by Crippen LogP contribution is -2.40. The number of ether oxygens (including phenoxy) is 8. The van der Waals surface area contributed by atoms with Crippen molar-refractivity contribution in [2.75, 3.05) is 26.3 Å². The number of alkyl halides is 4. The van der Waals surface area contributed by atoms with Gasteiger partial charge in [-0.3, -0.25) is 76.6 Å². The molecule has 568 valence electrons. The number of nitrogens with one attached hydrogen (secondary N) is 4. The smallest absolute Gasteiger partial charge is 0.330 e. The van der Waals surface area contributed by atoms with E-state index in [0.717, 1.165) is 23.2 Å². The number of aromatic nitrogens is 8. The summed E-state index contributed by atoms with van der Waals surface area (Å²) in [4.78, 5) is 149. The minimum atomic E-state index is -3.52. The van der Waals surface area contributed by atoms with Gasteiger partial charge in [0.25, 0.3) is 22.2 Å². The van der Waals surface area contributed by atoms with Crippen LogP contribution < -0.4 is 67.9 Å². The maximum Gasteiger partial charge on any atom is 0.330 e. The van der Waals surface area contributed by atoms with Gasteiger partial charge in [-0.2, -0.15) is 0 Å². The van der Waals surface area contributed by atoms with Crippen LogP contribution in [0.25, 0.3) is 0 Å². The number of halogens is 4. The summed E-state index contributed by atoms with van der Waals surface area (Å²) in [5.74, 6) is -9.52. The number of aromatic amines is 4. The average Bonchev–Trinajstić information content (AvgIpc) is 1.57. The number of H-pyrrole nitrogens is 4. The van der Waals surface area contributed by atoms with Crippen molar-refractivity contribution in [2.24, 2.45) is 46.6 Å². The van der Waals surface area contributed by atoms with Gasteiger partial charge in [0.2, 0.25) is 23.4 Å². The van der Waals surface area contributed by atoms with E-state index >= 15 is 8.78 Å². The van der Waals surface area contributed by atoms with Crippen molar-refractivity contribution >= 4 is 23.9 Å². The fraction of sp³-hybridized carbons (Fsp3) is 0.562. The lowest BCUT2D eigenvalue weighted by Gasteiger charge is -2.22. The third kappa shape index (κ3) is 21.1. The van der Waals surface area contributed by atoms with Crippen molar-refractivity contribution in [1.29, 1.82) is 0 Å². The number of aliphatic hydroxyl groups excluding tert-OH is 4. The Labute approximate surface area is 594 Å². The summed E-state index contributed by atoms with van der Waals surface area (Å²) >= 11 is 0. The molecule has 0 aromatic carbocycles. The van der Waals surface area contributed by atoms with E-state index in [4.69, 9.17) is 85.3 Å². The Morgan fingerprint density at radius 3 is 1.00 bits per heavy atom. The largest absolute Gasteiger partial charge is 0.458 e. The molecule has 4 aromatic rings. The van der Waals surface area contributed by atoms with E-state index < -0.39 is 235 Å². The Balaban J connectivity index is 0.000000263. The van der Waals surface area contributed by atoms with Crippen LogP contribution in [0.4, 0.5) is 17.6 Å². The molecule has 4 saturated heterocycles. The first-order chi connectivity index (χ1) is 50.5. The highest BCUT2D eigenvalue weighted by Gasteiger charge is 2.53. The van der Waals surface area contributed by atoms with Crippen molar-refractivity contribution in [3.8, 4) is 49.4 Å². The zero-order chi connectivity index (χ0) is 84.0. The fourth-order valence-corrected chi connectivity index (χ4v) is 9.00. The third-order valence-corrected chi connectivity index (χ3v) is 15.3. The molecule has 40 heteroatoms. The molecule has 0 bridgehead atoms. The number of esters is 4. The summed E-state index contributed by atoms with van der Waals surface area (Å²) in [6.07, 6.45) is 4.65. The molecule has 0 radical (unpaired) electrons. The lowest BCUT2D eigenvalue weighted by molar-refractivity contribution is -0.196. The molecule has 0 aliphatic carbocycles. The Hall–Kier alpha value is -9.92. The van der Waals surface area contributed by atoms with E-state index in [-0.39, 0.29) is 28.5 Å². The van der Waals surface area contributed by atoms with Crippen LogP contribution in [0.3, 0.4) is 0 Å². The number of nitrogens with zero attached hydrogens (tertiary/aromatic N) is 4. The zero-order valence-electron chi connectivity index (χ0n) is 62.5. The van der Waals surface area contributed by atoms with E-state index in [1.54, 1.807) is 60.4 Å². The summed E-state index contributed by atoms with van der Waals surface area (Å²) in [6.45, 7) is 4.50. The number of nitrogens with two attached hydrogens (primary N) is 4. The number of terminal acetylenes is 4. The number of hydrogen-bond donors (Lipinski definition) is 12. The van der Waals surface area contributed by atoms with Crippen LogP contribution in [-0.2, 0) is 57.1 Å². The summed E-state index contributed by atoms with van der Waals surface area (Å²) in [6, 6.07) is -4.39. The number of carbonyl (C=O) groups is 4. The van der Waals surface area contributed by atoms with Crippen LogP contribution in [0.15, 0.2) is 63.1 Å². The van der Waals surface area contributed by atoms with E-state index in [2.05, 4.69) is 15.4 Å². The second kappa shape index (κ2) is 35.0. The van der Waals surface area contributed by atoms with E-state index in [0.29, 0.717) is 19.9 Å². The normalized spacial score (nSPS) is 29.0. The summed E-state index contributed by atoms with van der Waals surface area (Å²) < 4.78 is 148. The maximum absolute atomic E-state index is 15.3. The van der Waals surface area contributed by atoms with Gasteiger partial charge in [0.05, 0.1) is 8.22 Å². The highest BCUT2D eigenvalue weighted by molar-refractivity contribution is 5.77. The molecule has 8 heterocycles. The molecule has 4 fully saturated rings. The van der Waals surface area contributed by atoms with Gasteiger partial charge in [0.15, 0.2) is 51.2 Å². The predicted molar refractivity (Wildman–Crippen MR) is 350 cm³/mol.